The van der Waals surface area contributed by atoms with Gasteiger partial charge in [0.25, 0.3) is 15.9 Å². The number of nitrogens with one attached hydrogen (secondary N) is 2. The van der Waals surface area contributed by atoms with Crippen molar-refractivity contribution < 1.29 is 23.1 Å². The summed E-state index contributed by atoms with van der Waals surface area (Å²) in [4.78, 5) is 24.0. The first-order valence-electron chi connectivity index (χ1n) is 9.02. The molecule has 0 saturated heterocycles. The highest BCUT2D eigenvalue weighted by molar-refractivity contribution is 7.90. The van der Waals surface area contributed by atoms with Crippen LogP contribution in [0.1, 0.15) is 18.1 Å². The Balaban J connectivity index is 1.91. The lowest BCUT2D eigenvalue weighted by atomic mass is 9.85. The Kier molecular flexibility index (Phi) is 6.00. The van der Waals surface area contributed by atoms with E-state index in [1.54, 1.807) is 60.7 Å². The number of aliphatic hydroxyl groups is 1. The second-order valence-corrected chi connectivity index (χ2v) is 8.27. The molecule has 0 heterocycles. The van der Waals surface area contributed by atoms with Gasteiger partial charge in [-0.25, -0.2) is 13.1 Å². The van der Waals surface area contributed by atoms with Gasteiger partial charge < -0.3 is 10.4 Å². The predicted molar refractivity (Wildman–Crippen MR) is 112 cm³/mol. The zero-order valence-corrected chi connectivity index (χ0v) is 16.9. The molecule has 0 atom stereocenters. The van der Waals surface area contributed by atoms with Crippen molar-refractivity contribution in [3.05, 3.63) is 96.1 Å². The molecule has 0 aliphatic carbocycles. The lowest BCUT2D eigenvalue weighted by molar-refractivity contribution is -0.131. The van der Waals surface area contributed by atoms with Crippen molar-refractivity contribution >= 4 is 27.5 Å². The average molecular weight is 424 g/mol. The van der Waals surface area contributed by atoms with Gasteiger partial charge >= 0.3 is 0 Å². The lowest BCUT2D eigenvalue weighted by Gasteiger charge is -2.28. The SMILES string of the molecule is CC(=O)NS(=O)(=O)c1ccc(NC(=O)C(O)(c2ccccc2)c2ccccc2)cc1. The first-order chi connectivity index (χ1) is 14.2. The van der Waals surface area contributed by atoms with Crippen molar-refractivity contribution in [1.82, 2.24) is 4.72 Å². The van der Waals surface area contributed by atoms with Crippen LogP contribution in [0, 0.1) is 0 Å². The number of sulfonamides is 1. The normalized spacial score (nSPS) is 11.5. The fourth-order valence-corrected chi connectivity index (χ4v) is 3.97. The second kappa shape index (κ2) is 8.48. The van der Waals surface area contributed by atoms with Crippen LogP contribution in [-0.4, -0.2) is 25.3 Å². The lowest BCUT2D eigenvalue weighted by Crippen LogP contribution is -2.41. The van der Waals surface area contributed by atoms with E-state index in [0.717, 1.165) is 6.92 Å². The average Bonchev–Trinajstić information content (AvgIpc) is 2.74. The number of hydrogen-bond donors (Lipinski definition) is 3. The predicted octanol–water partition coefficient (Wildman–Crippen LogP) is 2.39. The minimum atomic E-state index is -3.98. The molecule has 0 spiro atoms. The molecule has 3 aromatic rings. The minimum Gasteiger partial charge on any atom is -0.372 e. The Hall–Kier alpha value is -3.49. The van der Waals surface area contributed by atoms with Gasteiger partial charge in [-0.1, -0.05) is 60.7 Å². The summed E-state index contributed by atoms with van der Waals surface area (Å²) in [5.41, 5.74) is -0.895. The van der Waals surface area contributed by atoms with E-state index < -0.39 is 27.4 Å². The maximum atomic E-state index is 13.1. The molecule has 7 nitrogen and oxygen atoms in total. The highest BCUT2D eigenvalue weighted by Crippen LogP contribution is 2.31. The first kappa shape index (κ1) is 21.2. The molecular weight excluding hydrogens is 404 g/mol. The highest BCUT2D eigenvalue weighted by Gasteiger charge is 2.39. The molecule has 0 aliphatic rings. The monoisotopic (exact) mass is 424 g/mol. The Morgan fingerprint density at radius 2 is 1.27 bits per heavy atom. The highest BCUT2D eigenvalue weighted by atomic mass is 32.2. The zero-order chi connectivity index (χ0) is 21.8. The molecule has 0 fully saturated rings. The Morgan fingerprint density at radius 1 is 0.800 bits per heavy atom. The van der Waals surface area contributed by atoms with Crippen molar-refractivity contribution in [2.75, 3.05) is 5.32 Å². The molecule has 0 saturated carbocycles. The van der Waals surface area contributed by atoms with Crippen LogP contribution in [0.5, 0.6) is 0 Å². The molecule has 0 bridgehead atoms. The number of hydrogen-bond acceptors (Lipinski definition) is 5. The number of carbonyl (C=O) groups is 2. The van der Waals surface area contributed by atoms with E-state index in [2.05, 4.69) is 5.32 Å². The van der Waals surface area contributed by atoms with Crippen LogP contribution in [0.3, 0.4) is 0 Å². The Morgan fingerprint density at radius 3 is 1.70 bits per heavy atom. The third kappa shape index (κ3) is 4.40. The van der Waals surface area contributed by atoms with Gasteiger partial charge in [0.15, 0.2) is 5.60 Å². The molecule has 3 aromatic carbocycles. The van der Waals surface area contributed by atoms with E-state index >= 15 is 0 Å². The topological polar surface area (TPSA) is 113 Å². The Bertz CT molecular complexity index is 1110. The van der Waals surface area contributed by atoms with E-state index in [1.807, 2.05) is 4.72 Å². The summed E-state index contributed by atoms with van der Waals surface area (Å²) in [7, 11) is -3.98. The van der Waals surface area contributed by atoms with E-state index in [9.17, 15) is 23.1 Å². The van der Waals surface area contributed by atoms with Crippen molar-refractivity contribution in [2.24, 2.45) is 0 Å². The number of rotatable bonds is 6. The van der Waals surface area contributed by atoms with Gasteiger partial charge in [-0.05, 0) is 35.4 Å². The number of benzene rings is 3. The summed E-state index contributed by atoms with van der Waals surface area (Å²) < 4.78 is 26.0. The quantitative estimate of drug-likeness (QED) is 0.562. The summed E-state index contributed by atoms with van der Waals surface area (Å²) in [6.07, 6.45) is 0. The van der Waals surface area contributed by atoms with Gasteiger partial charge in [-0.15, -0.1) is 0 Å². The second-order valence-electron chi connectivity index (χ2n) is 6.58. The van der Waals surface area contributed by atoms with E-state index in [4.69, 9.17) is 0 Å². The third-order valence-corrected chi connectivity index (χ3v) is 5.86. The molecule has 8 heteroatoms. The van der Waals surface area contributed by atoms with Gasteiger partial charge in [-0.3, -0.25) is 9.59 Å². The summed E-state index contributed by atoms with van der Waals surface area (Å²) in [5, 5.41) is 14.0. The van der Waals surface area contributed by atoms with E-state index in [-0.39, 0.29) is 10.6 Å². The molecule has 0 aromatic heterocycles. The van der Waals surface area contributed by atoms with Gasteiger partial charge in [0.1, 0.15) is 0 Å². The third-order valence-electron chi connectivity index (χ3n) is 4.41. The molecule has 30 heavy (non-hydrogen) atoms. The van der Waals surface area contributed by atoms with Crippen molar-refractivity contribution in [3.63, 3.8) is 0 Å². The summed E-state index contributed by atoms with van der Waals surface area (Å²) in [6.45, 7) is 1.10. The van der Waals surface area contributed by atoms with Crippen LogP contribution in [-0.2, 0) is 25.2 Å². The number of anilines is 1. The molecule has 0 unspecified atom stereocenters. The molecule has 3 N–H and O–H groups in total. The smallest absolute Gasteiger partial charge is 0.265 e. The van der Waals surface area contributed by atoms with E-state index in [1.165, 1.54) is 24.3 Å². The van der Waals surface area contributed by atoms with Crippen LogP contribution in [0.2, 0.25) is 0 Å². The van der Waals surface area contributed by atoms with Gasteiger partial charge in [-0.2, -0.15) is 0 Å². The minimum absolute atomic E-state index is 0.128. The molecule has 2 amide bonds. The zero-order valence-electron chi connectivity index (χ0n) is 16.1. The number of amides is 2. The van der Waals surface area contributed by atoms with Gasteiger partial charge in [0.2, 0.25) is 5.91 Å². The fraction of sp³-hybridized carbons (Fsp3) is 0.0909. The van der Waals surface area contributed by atoms with Crippen LogP contribution in [0.4, 0.5) is 5.69 Å². The van der Waals surface area contributed by atoms with Crippen molar-refractivity contribution in [1.29, 1.82) is 0 Å². The van der Waals surface area contributed by atoms with Gasteiger partial charge in [0.05, 0.1) is 4.90 Å². The maximum Gasteiger partial charge on any atom is 0.265 e. The fourth-order valence-electron chi connectivity index (χ4n) is 2.97. The molecular formula is C22H20N2O5S. The molecule has 154 valence electrons. The molecule has 3 rings (SSSR count). The Labute approximate surface area is 174 Å². The standard InChI is InChI=1S/C22H20N2O5S/c1-16(25)24-30(28,29)20-14-12-19(13-15-20)23-21(26)22(27,17-8-4-2-5-9-17)18-10-6-3-7-11-18/h2-15,27H,1H3,(H,23,26)(H,24,25). The van der Waals surface area contributed by atoms with Crippen LogP contribution in [0.25, 0.3) is 0 Å². The maximum absolute atomic E-state index is 13.1. The van der Waals surface area contributed by atoms with Crippen LogP contribution in [0.15, 0.2) is 89.8 Å². The molecule has 0 aliphatic heterocycles. The van der Waals surface area contributed by atoms with Crippen molar-refractivity contribution in [2.45, 2.75) is 17.4 Å². The van der Waals surface area contributed by atoms with Crippen LogP contribution >= 0.6 is 0 Å². The summed E-state index contributed by atoms with van der Waals surface area (Å²) in [5.74, 6) is -1.40. The first-order valence-corrected chi connectivity index (χ1v) is 10.5. The van der Waals surface area contributed by atoms with Crippen LogP contribution < -0.4 is 10.0 Å². The largest absolute Gasteiger partial charge is 0.372 e. The van der Waals surface area contributed by atoms with Gasteiger partial charge in [0, 0.05) is 12.6 Å². The summed E-state index contributed by atoms with van der Waals surface area (Å²) in [6, 6.07) is 22.3. The van der Waals surface area contributed by atoms with E-state index in [0.29, 0.717) is 11.1 Å². The number of carbonyl (C=O) groups excluding carboxylic acids is 2. The summed E-state index contributed by atoms with van der Waals surface area (Å²) >= 11 is 0. The van der Waals surface area contributed by atoms with Crippen molar-refractivity contribution in [3.8, 4) is 0 Å². The molecule has 0 radical (unpaired) electrons.